The second-order valence-electron chi connectivity index (χ2n) is 6.55. The fourth-order valence-corrected chi connectivity index (χ4v) is 4.00. The van der Waals surface area contributed by atoms with Crippen molar-refractivity contribution in [2.45, 2.75) is 19.0 Å². The van der Waals surface area contributed by atoms with Crippen LogP contribution in [0.4, 0.5) is 0 Å². The van der Waals surface area contributed by atoms with Crippen molar-refractivity contribution in [1.82, 2.24) is 9.88 Å². The first-order valence-corrected chi connectivity index (χ1v) is 9.39. The molecule has 4 rings (SSSR count). The van der Waals surface area contributed by atoms with Crippen LogP contribution < -0.4 is 4.74 Å². The standard InChI is InChI=1S/C20H18Cl2N2O3/c21-12-5-6-19(16(22)7-12)27-11-20(26)24-9-18-15(8-13(24)10-25)14-3-1-2-4-17(14)23-18/h1-7,13,23,25H,8-11H2. The lowest BCUT2D eigenvalue weighted by Gasteiger charge is -2.34. The molecule has 3 aromatic rings. The zero-order valence-electron chi connectivity index (χ0n) is 14.4. The summed E-state index contributed by atoms with van der Waals surface area (Å²) < 4.78 is 5.57. The van der Waals surface area contributed by atoms with E-state index in [9.17, 15) is 9.90 Å². The number of rotatable bonds is 4. The van der Waals surface area contributed by atoms with E-state index in [0.717, 1.165) is 22.2 Å². The van der Waals surface area contributed by atoms with E-state index < -0.39 is 0 Å². The maximum atomic E-state index is 12.8. The molecule has 2 N–H and O–H groups in total. The molecule has 0 bridgehead atoms. The van der Waals surface area contributed by atoms with Gasteiger partial charge in [-0.3, -0.25) is 4.79 Å². The molecule has 0 radical (unpaired) electrons. The Balaban J connectivity index is 1.52. The molecule has 27 heavy (non-hydrogen) atoms. The monoisotopic (exact) mass is 404 g/mol. The largest absolute Gasteiger partial charge is 0.482 e. The van der Waals surface area contributed by atoms with Crippen molar-refractivity contribution in [3.8, 4) is 5.75 Å². The van der Waals surface area contributed by atoms with E-state index in [2.05, 4.69) is 11.1 Å². The van der Waals surface area contributed by atoms with E-state index in [-0.39, 0.29) is 25.2 Å². The van der Waals surface area contributed by atoms with E-state index in [0.29, 0.717) is 28.8 Å². The third-order valence-electron chi connectivity index (χ3n) is 4.89. The number of aromatic amines is 1. The van der Waals surface area contributed by atoms with Gasteiger partial charge in [0.25, 0.3) is 5.91 Å². The number of carbonyl (C=O) groups excluding carboxylic acids is 1. The minimum absolute atomic E-state index is 0.105. The van der Waals surface area contributed by atoms with Crippen LogP contribution in [0.2, 0.25) is 10.0 Å². The van der Waals surface area contributed by atoms with Gasteiger partial charge >= 0.3 is 0 Å². The second-order valence-corrected chi connectivity index (χ2v) is 7.40. The normalized spacial score (nSPS) is 16.4. The van der Waals surface area contributed by atoms with Crippen molar-refractivity contribution in [2.24, 2.45) is 0 Å². The van der Waals surface area contributed by atoms with Crippen LogP contribution in [0.5, 0.6) is 5.75 Å². The molecule has 0 saturated carbocycles. The van der Waals surface area contributed by atoms with Gasteiger partial charge in [-0.05, 0) is 36.2 Å². The summed E-state index contributed by atoms with van der Waals surface area (Å²) in [6.07, 6.45) is 0.600. The van der Waals surface area contributed by atoms with Crippen molar-refractivity contribution in [3.63, 3.8) is 0 Å². The number of hydrogen-bond acceptors (Lipinski definition) is 3. The minimum Gasteiger partial charge on any atom is -0.482 e. The van der Waals surface area contributed by atoms with Gasteiger partial charge < -0.3 is 19.7 Å². The maximum Gasteiger partial charge on any atom is 0.261 e. The van der Waals surface area contributed by atoms with Crippen LogP contribution in [0.3, 0.4) is 0 Å². The zero-order chi connectivity index (χ0) is 19.0. The Bertz CT molecular complexity index is 1000. The summed E-state index contributed by atoms with van der Waals surface area (Å²) in [4.78, 5) is 17.8. The van der Waals surface area contributed by atoms with Gasteiger partial charge in [-0.15, -0.1) is 0 Å². The Labute approximate surface area is 166 Å². The number of para-hydroxylation sites is 1. The summed E-state index contributed by atoms with van der Waals surface area (Å²) in [7, 11) is 0. The average molecular weight is 405 g/mol. The molecule has 7 heteroatoms. The molecule has 1 unspecified atom stereocenters. The summed E-state index contributed by atoms with van der Waals surface area (Å²) in [5.41, 5.74) is 3.20. The zero-order valence-corrected chi connectivity index (χ0v) is 15.9. The minimum atomic E-state index is -0.284. The maximum absolute atomic E-state index is 12.8. The molecule has 0 aliphatic carbocycles. The number of benzene rings is 2. The van der Waals surface area contributed by atoms with Gasteiger partial charge in [-0.2, -0.15) is 0 Å². The van der Waals surface area contributed by atoms with Crippen LogP contribution in [-0.2, 0) is 17.8 Å². The quantitative estimate of drug-likeness (QED) is 0.694. The van der Waals surface area contributed by atoms with Gasteiger partial charge in [0.2, 0.25) is 0 Å². The highest BCUT2D eigenvalue weighted by Crippen LogP contribution is 2.31. The van der Waals surface area contributed by atoms with Crippen LogP contribution in [0, 0.1) is 0 Å². The first kappa shape index (κ1) is 18.2. The smallest absolute Gasteiger partial charge is 0.261 e. The molecule has 1 amide bonds. The Hall–Kier alpha value is -2.21. The van der Waals surface area contributed by atoms with Crippen molar-refractivity contribution in [1.29, 1.82) is 0 Å². The first-order chi connectivity index (χ1) is 13.1. The van der Waals surface area contributed by atoms with Crippen LogP contribution in [0.15, 0.2) is 42.5 Å². The summed E-state index contributed by atoms with van der Waals surface area (Å²) in [5.74, 6) is 0.197. The lowest BCUT2D eigenvalue weighted by Crippen LogP contribution is -2.48. The van der Waals surface area contributed by atoms with E-state index in [1.807, 2.05) is 18.2 Å². The van der Waals surface area contributed by atoms with Gasteiger partial charge in [-0.25, -0.2) is 0 Å². The third-order valence-corrected chi connectivity index (χ3v) is 5.42. The Kier molecular flexibility index (Phi) is 5.00. The molecule has 0 spiro atoms. The van der Waals surface area contributed by atoms with Gasteiger partial charge in [0.05, 0.1) is 24.2 Å². The highest BCUT2D eigenvalue weighted by Gasteiger charge is 2.31. The number of amides is 1. The number of nitrogens with zero attached hydrogens (tertiary/aromatic N) is 1. The number of halogens is 2. The molecular weight excluding hydrogens is 387 g/mol. The summed E-state index contributed by atoms with van der Waals surface area (Å²) in [6, 6.07) is 12.6. The van der Waals surface area contributed by atoms with Gasteiger partial charge in [-0.1, -0.05) is 41.4 Å². The predicted octanol–water partition coefficient (Wildman–Crippen LogP) is 3.80. The Morgan fingerprint density at radius 2 is 2.07 bits per heavy atom. The molecular formula is C20H18Cl2N2O3. The molecule has 0 fully saturated rings. The van der Waals surface area contributed by atoms with Crippen molar-refractivity contribution in [3.05, 3.63) is 63.8 Å². The first-order valence-electron chi connectivity index (χ1n) is 8.63. The molecule has 0 saturated heterocycles. The molecule has 1 atom stereocenters. The molecule has 5 nitrogen and oxygen atoms in total. The van der Waals surface area contributed by atoms with E-state index >= 15 is 0 Å². The number of hydrogen-bond donors (Lipinski definition) is 2. The van der Waals surface area contributed by atoms with Gasteiger partial charge in [0.1, 0.15) is 5.75 Å². The number of H-pyrrole nitrogens is 1. The lowest BCUT2D eigenvalue weighted by atomic mass is 9.97. The average Bonchev–Trinajstić information content (AvgIpc) is 3.03. The lowest BCUT2D eigenvalue weighted by molar-refractivity contribution is -0.138. The van der Waals surface area contributed by atoms with Crippen molar-refractivity contribution >= 4 is 40.0 Å². The van der Waals surface area contributed by atoms with Gasteiger partial charge in [0.15, 0.2) is 6.61 Å². The predicted molar refractivity (Wildman–Crippen MR) is 105 cm³/mol. The van der Waals surface area contributed by atoms with E-state index in [1.54, 1.807) is 23.1 Å². The molecule has 2 heterocycles. The number of ether oxygens (including phenoxy) is 1. The van der Waals surface area contributed by atoms with E-state index in [4.69, 9.17) is 27.9 Å². The topological polar surface area (TPSA) is 65.6 Å². The molecule has 1 aliphatic rings. The van der Waals surface area contributed by atoms with Gasteiger partial charge in [0, 0.05) is 21.6 Å². The van der Waals surface area contributed by atoms with Crippen LogP contribution in [0.1, 0.15) is 11.3 Å². The van der Waals surface area contributed by atoms with Crippen LogP contribution >= 0.6 is 23.2 Å². The van der Waals surface area contributed by atoms with Crippen molar-refractivity contribution < 1.29 is 14.6 Å². The molecule has 140 valence electrons. The highest BCUT2D eigenvalue weighted by molar-refractivity contribution is 6.35. The molecule has 2 aromatic carbocycles. The fraction of sp³-hybridized carbons (Fsp3) is 0.250. The highest BCUT2D eigenvalue weighted by atomic mass is 35.5. The van der Waals surface area contributed by atoms with E-state index in [1.165, 1.54) is 0 Å². The number of carbonyl (C=O) groups is 1. The summed E-state index contributed by atoms with van der Waals surface area (Å²) >= 11 is 12.0. The van der Waals surface area contributed by atoms with Crippen LogP contribution in [-0.4, -0.2) is 40.2 Å². The van der Waals surface area contributed by atoms with Crippen LogP contribution in [0.25, 0.3) is 10.9 Å². The molecule has 1 aromatic heterocycles. The SMILES string of the molecule is O=C(COc1ccc(Cl)cc1Cl)N1Cc2[nH]c3ccccc3c2CC1CO. The molecule has 1 aliphatic heterocycles. The number of aliphatic hydroxyl groups excluding tert-OH is 1. The number of fused-ring (bicyclic) bond motifs is 3. The number of nitrogens with one attached hydrogen (secondary N) is 1. The summed E-state index contributed by atoms with van der Waals surface area (Å²) in [5, 5.41) is 11.8. The van der Waals surface area contributed by atoms with Crippen molar-refractivity contribution in [2.75, 3.05) is 13.2 Å². The third kappa shape index (κ3) is 3.50. The number of aromatic nitrogens is 1. The summed E-state index contributed by atoms with van der Waals surface area (Å²) in [6.45, 7) is 0.144. The Morgan fingerprint density at radius 3 is 2.85 bits per heavy atom. The second kappa shape index (κ2) is 7.43. The Morgan fingerprint density at radius 1 is 1.26 bits per heavy atom. The number of aliphatic hydroxyl groups is 1. The fourth-order valence-electron chi connectivity index (χ4n) is 3.54.